The second kappa shape index (κ2) is 5.33. The number of hydrogen-bond acceptors (Lipinski definition) is 2. The van der Waals surface area contributed by atoms with Crippen LogP contribution in [-0.4, -0.2) is 15.0 Å². The van der Waals surface area contributed by atoms with Crippen molar-refractivity contribution in [2.45, 2.75) is 26.3 Å². The summed E-state index contributed by atoms with van der Waals surface area (Å²) in [5.74, 6) is 1.04. The Kier molecular flexibility index (Phi) is 3.51. The lowest BCUT2D eigenvalue weighted by atomic mass is 10.2. The third-order valence-corrected chi connectivity index (χ3v) is 3.58. The summed E-state index contributed by atoms with van der Waals surface area (Å²) >= 11 is 6.01. The summed E-state index contributed by atoms with van der Waals surface area (Å²) < 4.78 is 1.91. The Bertz CT molecular complexity index is 850. The van der Waals surface area contributed by atoms with E-state index in [1.54, 1.807) is 6.33 Å². The van der Waals surface area contributed by atoms with Crippen LogP contribution in [0.5, 0.6) is 0 Å². The normalized spacial score (nSPS) is 11.4. The van der Waals surface area contributed by atoms with Gasteiger partial charge in [-0.2, -0.15) is 0 Å². The van der Waals surface area contributed by atoms with Gasteiger partial charge in [0, 0.05) is 10.9 Å². The average Bonchev–Trinajstić information content (AvgIpc) is 2.88. The van der Waals surface area contributed by atoms with E-state index in [1.165, 1.54) is 0 Å². The van der Waals surface area contributed by atoms with E-state index in [2.05, 4.69) is 15.0 Å². The van der Waals surface area contributed by atoms with Crippen LogP contribution in [0.25, 0.3) is 11.2 Å². The molecule has 6 heteroatoms. The number of hydrogen-bond donors (Lipinski definition) is 2. The van der Waals surface area contributed by atoms with E-state index in [0.717, 1.165) is 11.4 Å². The molecule has 0 aliphatic carbocycles. The van der Waals surface area contributed by atoms with Gasteiger partial charge < -0.3 is 4.98 Å². The molecule has 1 aromatic carbocycles. The zero-order chi connectivity index (χ0) is 15.0. The van der Waals surface area contributed by atoms with E-state index in [-0.39, 0.29) is 11.5 Å². The number of imidazole rings is 1. The predicted molar refractivity (Wildman–Crippen MR) is 81.6 cm³/mol. The molecule has 0 unspecified atom stereocenters. The molecule has 0 saturated carbocycles. The number of benzene rings is 1. The Morgan fingerprint density at radius 1 is 1.38 bits per heavy atom. The summed E-state index contributed by atoms with van der Waals surface area (Å²) in [6.45, 7) is 4.66. The van der Waals surface area contributed by atoms with Gasteiger partial charge in [-0.05, 0) is 17.7 Å². The third kappa shape index (κ3) is 2.69. The molecule has 0 amide bonds. The smallest absolute Gasteiger partial charge is 0.318 e. The van der Waals surface area contributed by atoms with Crippen molar-refractivity contribution in [2.75, 3.05) is 0 Å². The fourth-order valence-electron chi connectivity index (χ4n) is 2.24. The van der Waals surface area contributed by atoms with Crippen LogP contribution in [0.4, 0.5) is 0 Å². The summed E-state index contributed by atoms with van der Waals surface area (Å²) in [5.41, 5.74) is 2.05. The molecule has 2 heterocycles. The van der Waals surface area contributed by atoms with Crippen LogP contribution in [0.1, 0.15) is 31.2 Å². The van der Waals surface area contributed by atoms with E-state index < -0.39 is 0 Å². The Hall–Kier alpha value is -2.14. The number of rotatable bonds is 3. The highest BCUT2D eigenvalue weighted by molar-refractivity contribution is 6.30. The Morgan fingerprint density at radius 3 is 2.90 bits per heavy atom. The number of fused-ring (bicyclic) bond motifs is 1. The molecule has 0 aliphatic heterocycles. The zero-order valence-electron chi connectivity index (χ0n) is 11.9. The first-order valence-corrected chi connectivity index (χ1v) is 7.17. The number of nitrogens with one attached hydrogen (secondary N) is 2. The van der Waals surface area contributed by atoms with Crippen LogP contribution in [0.3, 0.4) is 0 Å². The molecule has 0 fully saturated rings. The monoisotopic (exact) mass is 303 g/mol. The second-order valence-electron chi connectivity index (χ2n) is 5.34. The average molecular weight is 304 g/mol. The van der Waals surface area contributed by atoms with Crippen molar-refractivity contribution in [1.29, 1.82) is 0 Å². The number of aromatic nitrogens is 4. The SMILES string of the molecule is CC(C)c1nc2c([nH]1)c(=O)[nH]c[n+]2Cc1cccc(Cl)c1. The van der Waals surface area contributed by atoms with Gasteiger partial charge in [-0.1, -0.05) is 42.6 Å². The Labute approximate surface area is 126 Å². The molecule has 0 saturated heterocycles. The fraction of sp³-hybridized carbons (Fsp3) is 0.267. The predicted octanol–water partition coefficient (Wildman–Crippen LogP) is 2.36. The Morgan fingerprint density at radius 2 is 2.19 bits per heavy atom. The number of halogens is 1. The maximum atomic E-state index is 11.9. The number of aromatic amines is 2. The van der Waals surface area contributed by atoms with Gasteiger partial charge in [0.05, 0.1) is 6.54 Å². The quantitative estimate of drug-likeness (QED) is 0.730. The van der Waals surface area contributed by atoms with Gasteiger partial charge >= 0.3 is 5.56 Å². The van der Waals surface area contributed by atoms with Crippen LogP contribution >= 0.6 is 11.6 Å². The van der Waals surface area contributed by atoms with Crippen molar-refractivity contribution >= 4 is 22.8 Å². The fourth-order valence-corrected chi connectivity index (χ4v) is 2.46. The highest BCUT2D eigenvalue weighted by Crippen LogP contribution is 2.13. The lowest BCUT2D eigenvalue weighted by Gasteiger charge is -2.02. The van der Waals surface area contributed by atoms with Crippen LogP contribution in [0.15, 0.2) is 35.4 Å². The van der Waals surface area contributed by atoms with Gasteiger partial charge in [0.25, 0.3) is 5.65 Å². The van der Waals surface area contributed by atoms with Gasteiger partial charge in [-0.25, -0.2) is 14.3 Å². The molecule has 0 atom stereocenters. The topological polar surface area (TPSA) is 65.4 Å². The molecule has 0 bridgehead atoms. The van der Waals surface area contributed by atoms with E-state index in [4.69, 9.17) is 11.6 Å². The number of H-pyrrole nitrogens is 2. The molecular formula is C15H16ClN4O+. The minimum absolute atomic E-state index is 0.160. The van der Waals surface area contributed by atoms with Crippen LogP contribution in [0.2, 0.25) is 5.02 Å². The largest absolute Gasteiger partial charge is 0.334 e. The van der Waals surface area contributed by atoms with E-state index >= 15 is 0 Å². The van der Waals surface area contributed by atoms with E-state index in [0.29, 0.717) is 22.7 Å². The van der Waals surface area contributed by atoms with Crippen molar-refractivity contribution in [2.24, 2.45) is 0 Å². The second-order valence-corrected chi connectivity index (χ2v) is 5.77. The van der Waals surface area contributed by atoms with Crippen molar-refractivity contribution in [3.8, 4) is 0 Å². The van der Waals surface area contributed by atoms with Crippen LogP contribution in [-0.2, 0) is 6.54 Å². The van der Waals surface area contributed by atoms with Crippen molar-refractivity contribution in [3.63, 3.8) is 0 Å². The van der Waals surface area contributed by atoms with Crippen LogP contribution < -0.4 is 10.1 Å². The summed E-state index contributed by atoms with van der Waals surface area (Å²) in [7, 11) is 0. The molecule has 0 aliphatic rings. The Balaban J connectivity index is 2.10. The molecule has 3 rings (SSSR count). The van der Waals surface area contributed by atoms with Gasteiger partial charge in [0.2, 0.25) is 5.52 Å². The minimum Gasteiger partial charge on any atom is -0.318 e. The minimum atomic E-state index is -0.160. The lowest BCUT2D eigenvalue weighted by molar-refractivity contribution is -0.667. The summed E-state index contributed by atoms with van der Waals surface area (Å²) in [4.78, 5) is 22.3. The first kappa shape index (κ1) is 13.8. The van der Waals surface area contributed by atoms with Gasteiger partial charge in [-0.3, -0.25) is 0 Å². The summed E-state index contributed by atoms with van der Waals surface area (Å²) in [5, 5.41) is 0.693. The summed E-state index contributed by atoms with van der Waals surface area (Å²) in [6.07, 6.45) is 1.65. The highest BCUT2D eigenvalue weighted by atomic mass is 35.5. The van der Waals surface area contributed by atoms with E-state index in [1.807, 2.05) is 42.7 Å². The third-order valence-electron chi connectivity index (χ3n) is 3.34. The van der Waals surface area contributed by atoms with Gasteiger partial charge in [0.15, 0.2) is 12.2 Å². The number of nitrogens with zero attached hydrogens (tertiary/aromatic N) is 2. The first-order chi connectivity index (χ1) is 10.0. The molecule has 2 N–H and O–H groups in total. The van der Waals surface area contributed by atoms with Crippen molar-refractivity contribution in [1.82, 2.24) is 15.0 Å². The van der Waals surface area contributed by atoms with Gasteiger partial charge in [0.1, 0.15) is 0 Å². The lowest BCUT2D eigenvalue weighted by Crippen LogP contribution is -2.38. The first-order valence-electron chi connectivity index (χ1n) is 6.80. The van der Waals surface area contributed by atoms with Crippen LogP contribution in [0, 0.1) is 0 Å². The maximum Gasteiger partial charge on any atom is 0.334 e. The standard InChI is InChI=1S/C15H15ClN4O/c1-9(2)13-18-12-14(19-13)20(8-17-15(12)21)7-10-4-3-5-11(16)6-10/h3-6,8-9H,7H2,1-2H3,(H,18,19,21)/p+1. The van der Waals surface area contributed by atoms with Gasteiger partial charge in [-0.15, -0.1) is 0 Å². The molecule has 2 aromatic heterocycles. The molecule has 0 spiro atoms. The maximum absolute atomic E-state index is 11.9. The molecule has 21 heavy (non-hydrogen) atoms. The zero-order valence-corrected chi connectivity index (χ0v) is 12.6. The summed E-state index contributed by atoms with van der Waals surface area (Å²) in [6, 6.07) is 7.64. The van der Waals surface area contributed by atoms with Crippen molar-refractivity contribution in [3.05, 3.63) is 57.4 Å². The molecular weight excluding hydrogens is 288 g/mol. The van der Waals surface area contributed by atoms with E-state index in [9.17, 15) is 4.79 Å². The highest BCUT2D eigenvalue weighted by Gasteiger charge is 2.19. The molecule has 0 radical (unpaired) electrons. The molecule has 5 nitrogen and oxygen atoms in total. The molecule has 3 aromatic rings. The molecule has 108 valence electrons. The van der Waals surface area contributed by atoms with Crippen molar-refractivity contribution < 1.29 is 4.57 Å².